The van der Waals surface area contributed by atoms with Gasteiger partial charge in [0.05, 0.1) is 22.8 Å². The number of hydrogen-bond donors (Lipinski definition) is 1. The standard InChI is InChI=1S/C12H13ClN4/c1-9(16)10-2-3-12(11(13)8-10)17(6-4-14)7-5-15/h2-3,8-9H,6-7,16H2,1H3. The molecule has 17 heavy (non-hydrogen) atoms. The highest BCUT2D eigenvalue weighted by Gasteiger charge is 2.11. The van der Waals surface area contributed by atoms with E-state index in [-0.39, 0.29) is 19.1 Å². The third-order valence-electron chi connectivity index (χ3n) is 2.36. The largest absolute Gasteiger partial charge is 0.344 e. The molecule has 2 N–H and O–H groups in total. The summed E-state index contributed by atoms with van der Waals surface area (Å²) in [5, 5.41) is 17.9. The van der Waals surface area contributed by atoms with E-state index in [0.29, 0.717) is 10.7 Å². The van der Waals surface area contributed by atoms with Crippen LogP contribution in [0.3, 0.4) is 0 Å². The van der Waals surface area contributed by atoms with E-state index in [4.69, 9.17) is 27.9 Å². The molecule has 0 heterocycles. The number of hydrogen-bond acceptors (Lipinski definition) is 4. The van der Waals surface area contributed by atoms with Gasteiger partial charge in [-0.15, -0.1) is 0 Å². The van der Waals surface area contributed by atoms with Gasteiger partial charge in [-0.25, -0.2) is 0 Å². The van der Waals surface area contributed by atoms with Crippen molar-refractivity contribution in [2.24, 2.45) is 5.73 Å². The monoisotopic (exact) mass is 248 g/mol. The quantitative estimate of drug-likeness (QED) is 0.829. The first-order chi connectivity index (χ1) is 8.10. The van der Waals surface area contributed by atoms with Gasteiger partial charge < -0.3 is 10.6 Å². The predicted molar refractivity (Wildman–Crippen MR) is 67.5 cm³/mol. The second-order valence-electron chi connectivity index (χ2n) is 3.67. The molecule has 1 unspecified atom stereocenters. The molecule has 1 atom stereocenters. The molecule has 0 aliphatic heterocycles. The van der Waals surface area contributed by atoms with Gasteiger partial charge in [-0.1, -0.05) is 17.7 Å². The van der Waals surface area contributed by atoms with Crippen LogP contribution in [0.5, 0.6) is 0 Å². The number of nitrogens with zero attached hydrogens (tertiary/aromatic N) is 3. The molecule has 0 saturated heterocycles. The van der Waals surface area contributed by atoms with E-state index in [1.807, 2.05) is 25.1 Å². The lowest BCUT2D eigenvalue weighted by molar-refractivity contribution is 0.817. The predicted octanol–water partition coefficient (Wildman–Crippen LogP) is 2.21. The lowest BCUT2D eigenvalue weighted by Crippen LogP contribution is -2.24. The maximum atomic E-state index is 8.69. The summed E-state index contributed by atoms with van der Waals surface area (Å²) >= 11 is 6.12. The Morgan fingerprint density at radius 1 is 1.35 bits per heavy atom. The fourth-order valence-electron chi connectivity index (χ4n) is 1.46. The van der Waals surface area contributed by atoms with Crippen LogP contribution in [0.4, 0.5) is 5.69 Å². The Labute approximate surface area is 106 Å². The first-order valence-corrected chi connectivity index (χ1v) is 5.51. The Bertz CT molecular complexity index is 454. The molecular weight excluding hydrogens is 236 g/mol. The van der Waals surface area contributed by atoms with E-state index in [2.05, 4.69) is 0 Å². The minimum Gasteiger partial charge on any atom is -0.344 e. The number of nitrogens with two attached hydrogens (primary N) is 1. The Morgan fingerprint density at radius 2 is 1.94 bits per heavy atom. The van der Waals surface area contributed by atoms with Crippen molar-refractivity contribution in [1.29, 1.82) is 10.5 Å². The molecule has 5 heteroatoms. The van der Waals surface area contributed by atoms with Gasteiger partial charge in [-0.05, 0) is 24.6 Å². The summed E-state index contributed by atoms with van der Waals surface area (Å²) in [6, 6.07) is 9.33. The molecule has 0 amide bonds. The van der Waals surface area contributed by atoms with Crippen LogP contribution >= 0.6 is 11.6 Å². The van der Waals surface area contributed by atoms with Gasteiger partial charge in [0, 0.05) is 6.04 Å². The molecule has 1 rings (SSSR count). The summed E-state index contributed by atoms with van der Waals surface area (Å²) in [7, 11) is 0. The number of rotatable bonds is 4. The van der Waals surface area contributed by atoms with Crippen LogP contribution in [0.1, 0.15) is 18.5 Å². The van der Waals surface area contributed by atoms with Crippen LogP contribution in [0, 0.1) is 22.7 Å². The summed E-state index contributed by atoms with van der Waals surface area (Å²) in [4.78, 5) is 1.62. The fraction of sp³-hybridized carbons (Fsp3) is 0.333. The zero-order chi connectivity index (χ0) is 12.8. The van der Waals surface area contributed by atoms with E-state index < -0.39 is 0 Å². The molecule has 0 radical (unpaired) electrons. The molecule has 0 spiro atoms. The van der Waals surface area contributed by atoms with E-state index in [9.17, 15) is 0 Å². The number of halogens is 1. The Hall–Kier alpha value is -1.75. The van der Waals surface area contributed by atoms with E-state index in [0.717, 1.165) is 5.56 Å². The van der Waals surface area contributed by atoms with Crippen molar-refractivity contribution in [3.8, 4) is 12.1 Å². The lowest BCUT2D eigenvalue weighted by atomic mass is 10.1. The van der Waals surface area contributed by atoms with Crippen molar-refractivity contribution >= 4 is 17.3 Å². The Balaban J connectivity index is 3.05. The zero-order valence-electron chi connectivity index (χ0n) is 9.52. The van der Waals surface area contributed by atoms with Gasteiger partial charge in [0.2, 0.25) is 0 Å². The van der Waals surface area contributed by atoms with Crippen LogP contribution in [-0.4, -0.2) is 13.1 Å². The van der Waals surface area contributed by atoms with Gasteiger partial charge >= 0.3 is 0 Å². The summed E-state index contributed by atoms with van der Waals surface area (Å²) in [6.07, 6.45) is 0. The molecule has 1 aromatic rings. The Kier molecular flexibility index (Phi) is 4.78. The van der Waals surface area contributed by atoms with E-state index in [1.165, 1.54) is 0 Å². The molecule has 0 aliphatic rings. The zero-order valence-corrected chi connectivity index (χ0v) is 10.3. The minimum atomic E-state index is -0.0954. The highest BCUT2D eigenvalue weighted by Crippen LogP contribution is 2.28. The first kappa shape index (κ1) is 13.3. The van der Waals surface area contributed by atoms with Gasteiger partial charge in [-0.3, -0.25) is 0 Å². The van der Waals surface area contributed by atoms with Gasteiger partial charge in [0.15, 0.2) is 0 Å². The number of benzene rings is 1. The molecule has 4 nitrogen and oxygen atoms in total. The molecule has 1 aromatic carbocycles. The fourth-order valence-corrected chi connectivity index (χ4v) is 1.77. The maximum Gasteiger partial charge on any atom is 0.107 e. The first-order valence-electron chi connectivity index (χ1n) is 5.14. The van der Waals surface area contributed by atoms with Crippen molar-refractivity contribution in [1.82, 2.24) is 0 Å². The smallest absolute Gasteiger partial charge is 0.107 e. The SMILES string of the molecule is CC(N)c1ccc(N(CC#N)CC#N)c(Cl)c1. The van der Waals surface area contributed by atoms with Crippen molar-refractivity contribution in [2.75, 3.05) is 18.0 Å². The van der Waals surface area contributed by atoms with Crippen molar-refractivity contribution in [3.63, 3.8) is 0 Å². The van der Waals surface area contributed by atoms with Crippen molar-refractivity contribution in [2.45, 2.75) is 13.0 Å². The maximum absolute atomic E-state index is 8.69. The average molecular weight is 249 g/mol. The number of nitriles is 2. The van der Waals surface area contributed by atoms with Crippen LogP contribution in [0.25, 0.3) is 0 Å². The van der Waals surface area contributed by atoms with Crippen LogP contribution in [-0.2, 0) is 0 Å². The molecule has 0 aromatic heterocycles. The molecule has 0 bridgehead atoms. The van der Waals surface area contributed by atoms with Crippen molar-refractivity contribution < 1.29 is 0 Å². The molecule has 0 aliphatic carbocycles. The normalized spacial score (nSPS) is 11.4. The Morgan fingerprint density at radius 3 is 2.35 bits per heavy atom. The lowest BCUT2D eigenvalue weighted by Gasteiger charge is -2.20. The van der Waals surface area contributed by atoms with Gasteiger partial charge in [0.1, 0.15) is 13.1 Å². The van der Waals surface area contributed by atoms with E-state index in [1.54, 1.807) is 17.0 Å². The summed E-state index contributed by atoms with van der Waals surface area (Å²) in [6.45, 7) is 2.13. The molecule has 0 saturated carbocycles. The minimum absolute atomic E-state index is 0.0954. The highest BCUT2D eigenvalue weighted by molar-refractivity contribution is 6.33. The molecule has 88 valence electrons. The van der Waals surface area contributed by atoms with E-state index >= 15 is 0 Å². The van der Waals surface area contributed by atoms with Crippen molar-refractivity contribution in [3.05, 3.63) is 28.8 Å². The molecule has 0 fully saturated rings. The van der Waals surface area contributed by atoms with Crippen LogP contribution in [0.2, 0.25) is 5.02 Å². The third kappa shape index (κ3) is 3.35. The second kappa shape index (κ2) is 6.10. The summed E-state index contributed by atoms with van der Waals surface area (Å²) in [5.74, 6) is 0. The summed E-state index contributed by atoms with van der Waals surface area (Å²) < 4.78 is 0. The topological polar surface area (TPSA) is 76.8 Å². The van der Waals surface area contributed by atoms with Gasteiger partial charge in [0.25, 0.3) is 0 Å². The highest BCUT2D eigenvalue weighted by atomic mass is 35.5. The van der Waals surface area contributed by atoms with Crippen LogP contribution in [0.15, 0.2) is 18.2 Å². The van der Waals surface area contributed by atoms with Gasteiger partial charge in [-0.2, -0.15) is 10.5 Å². The second-order valence-corrected chi connectivity index (χ2v) is 4.08. The average Bonchev–Trinajstić information content (AvgIpc) is 2.28. The molecular formula is C12H13ClN4. The summed E-state index contributed by atoms with van der Waals surface area (Å²) in [5.41, 5.74) is 7.35. The third-order valence-corrected chi connectivity index (χ3v) is 2.66. The number of anilines is 1. The van der Waals surface area contributed by atoms with Crippen LogP contribution < -0.4 is 10.6 Å².